The first-order chi connectivity index (χ1) is 15.2. The van der Waals surface area contributed by atoms with Gasteiger partial charge in [-0.05, 0) is 42.5 Å². The molecule has 0 atom stereocenters. The summed E-state index contributed by atoms with van der Waals surface area (Å²) >= 11 is 0. The van der Waals surface area contributed by atoms with Crippen LogP contribution in [0.2, 0.25) is 0 Å². The molecule has 1 aromatic heterocycles. The summed E-state index contributed by atoms with van der Waals surface area (Å²) in [6, 6.07) is 9.38. The first kappa shape index (κ1) is 21.9. The lowest BCUT2D eigenvalue weighted by Crippen LogP contribution is -2.50. The number of fused-ring (bicyclic) bond motifs is 1. The molecule has 3 N–H and O–H groups in total. The van der Waals surface area contributed by atoms with E-state index in [-0.39, 0.29) is 41.3 Å². The van der Waals surface area contributed by atoms with Crippen LogP contribution in [0, 0.1) is 5.82 Å². The van der Waals surface area contributed by atoms with Crippen LogP contribution in [0.25, 0.3) is 10.9 Å². The molecule has 0 unspecified atom stereocenters. The molecule has 0 radical (unpaired) electrons. The SMILES string of the molecule is O=C(CN1CCN(S(=O)(=O)c2ccc3[nH]c(=O)[nH]c(=O)c3c2)CC1)Nc1ccc(F)cc1. The number of benzene rings is 2. The highest BCUT2D eigenvalue weighted by atomic mass is 32.2. The number of piperazine rings is 1. The summed E-state index contributed by atoms with van der Waals surface area (Å²) in [6.07, 6.45) is 0. The van der Waals surface area contributed by atoms with Crippen LogP contribution in [0.1, 0.15) is 0 Å². The van der Waals surface area contributed by atoms with Crippen molar-refractivity contribution in [2.24, 2.45) is 0 Å². The lowest BCUT2D eigenvalue weighted by Gasteiger charge is -2.33. The second kappa shape index (κ2) is 8.65. The first-order valence-electron chi connectivity index (χ1n) is 9.77. The molecule has 2 heterocycles. The minimum absolute atomic E-state index is 0.0509. The van der Waals surface area contributed by atoms with Crippen molar-refractivity contribution in [2.75, 3.05) is 38.0 Å². The standard InChI is InChI=1S/C20H20FN5O5S/c21-13-1-3-14(4-2-13)22-18(27)12-25-7-9-26(10-8-25)32(30,31)15-5-6-17-16(11-15)19(28)24-20(29)23-17/h1-6,11H,7-10,12H2,(H,22,27)(H2,23,24,28,29). The number of aromatic amines is 2. The van der Waals surface area contributed by atoms with Crippen LogP contribution in [-0.4, -0.2) is 66.2 Å². The van der Waals surface area contributed by atoms with E-state index in [2.05, 4.69) is 15.3 Å². The third kappa shape index (κ3) is 4.61. The zero-order chi connectivity index (χ0) is 22.9. The van der Waals surface area contributed by atoms with Crippen LogP contribution in [0.5, 0.6) is 0 Å². The molecule has 168 valence electrons. The van der Waals surface area contributed by atoms with Crippen molar-refractivity contribution in [2.45, 2.75) is 4.90 Å². The van der Waals surface area contributed by atoms with Crippen molar-refractivity contribution in [3.8, 4) is 0 Å². The van der Waals surface area contributed by atoms with Gasteiger partial charge >= 0.3 is 5.69 Å². The molecule has 1 aliphatic heterocycles. The van der Waals surface area contributed by atoms with Gasteiger partial charge in [0.25, 0.3) is 5.56 Å². The zero-order valence-corrected chi connectivity index (χ0v) is 17.6. The van der Waals surface area contributed by atoms with Crippen LogP contribution in [0.3, 0.4) is 0 Å². The minimum Gasteiger partial charge on any atom is -0.325 e. The normalized spacial score (nSPS) is 15.7. The zero-order valence-electron chi connectivity index (χ0n) is 16.8. The van der Waals surface area contributed by atoms with Crippen LogP contribution < -0.4 is 16.6 Å². The Labute approximate surface area is 181 Å². The Kier molecular flexibility index (Phi) is 5.91. The highest BCUT2D eigenvalue weighted by Gasteiger charge is 2.29. The van der Waals surface area contributed by atoms with Gasteiger partial charge in [0.2, 0.25) is 15.9 Å². The molecule has 0 spiro atoms. The van der Waals surface area contributed by atoms with E-state index in [4.69, 9.17) is 0 Å². The highest BCUT2D eigenvalue weighted by Crippen LogP contribution is 2.20. The van der Waals surface area contributed by atoms with Crippen molar-refractivity contribution in [3.63, 3.8) is 0 Å². The Hall–Kier alpha value is -3.35. The minimum atomic E-state index is -3.86. The molecule has 12 heteroatoms. The molecule has 1 saturated heterocycles. The van der Waals surface area contributed by atoms with E-state index in [1.807, 2.05) is 4.90 Å². The number of rotatable bonds is 5. The van der Waals surface area contributed by atoms with E-state index in [0.717, 1.165) is 0 Å². The van der Waals surface area contributed by atoms with E-state index in [0.29, 0.717) is 18.8 Å². The van der Waals surface area contributed by atoms with Crippen molar-refractivity contribution < 1.29 is 17.6 Å². The van der Waals surface area contributed by atoms with Crippen molar-refractivity contribution in [1.82, 2.24) is 19.2 Å². The molecule has 1 amide bonds. The number of sulfonamides is 1. The van der Waals surface area contributed by atoms with Gasteiger partial charge in [0.05, 0.1) is 22.3 Å². The van der Waals surface area contributed by atoms with Crippen molar-refractivity contribution in [1.29, 1.82) is 0 Å². The topological polar surface area (TPSA) is 135 Å². The third-order valence-corrected chi connectivity index (χ3v) is 7.07. The number of anilines is 1. The van der Waals surface area contributed by atoms with Gasteiger partial charge in [-0.3, -0.25) is 19.5 Å². The van der Waals surface area contributed by atoms with Crippen molar-refractivity contribution in [3.05, 3.63) is 69.1 Å². The Balaban J connectivity index is 1.40. The molecule has 0 aliphatic carbocycles. The second-order valence-electron chi connectivity index (χ2n) is 7.35. The number of nitrogens with one attached hydrogen (secondary N) is 3. The van der Waals surface area contributed by atoms with Gasteiger partial charge in [-0.15, -0.1) is 0 Å². The number of amides is 1. The van der Waals surface area contributed by atoms with E-state index in [9.17, 15) is 27.2 Å². The largest absolute Gasteiger partial charge is 0.326 e. The predicted octanol–water partition coefficient (Wildman–Crippen LogP) is 0.301. The molecule has 4 rings (SSSR count). The van der Waals surface area contributed by atoms with Crippen LogP contribution >= 0.6 is 0 Å². The van der Waals surface area contributed by atoms with E-state index in [1.54, 1.807) is 0 Å². The maximum absolute atomic E-state index is 13.0. The van der Waals surface area contributed by atoms with E-state index < -0.39 is 27.1 Å². The lowest BCUT2D eigenvalue weighted by molar-refractivity contribution is -0.117. The van der Waals surface area contributed by atoms with Gasteiger partial charge in [-0.25, -0.2) is 17.6 Å². The van der Waals surface area contributed by atoms with Gasteiger partial charge in [-0.2, -0.15) is 4.31 Å². The highest BCUT2D eigenvalue weighted by molar-refractivity contribution is 7.89. The Morgan fingerprint density at radius 1 is 1.00 bits per heavy atom. The van der Waals surface area contributed by atoms with Crippen molar-refractivity contribution >= 4 is 32.5 Å². The lowest BCUT2D eigenvalue weighted by atomic mass is 10.2. The number of carbonyl (C=O) groups is 1. The van der Waals surface area contributed by atoms with E-state index >= 15 is 0 Å². The fourth-order valence-corrected chi connectivity index (χ4v) is 4.97. The molecule has 32 heavy (non-hydrogen) atoms. The molecule has 1 aliphatic rings. The molecular weight excluding hydrogens is 441 g/mol. The summed E-state index contributed by atoms with van der Waals surface area (Å²) in [5, 5.41) is 2.74. The van der Waals surface area contributed by atoms with Crippen LogP contribution in [0.15, 0.2) is 56.9 Å². The third-order valence-electron chi connectivity index (χ3n) is 5.18. The summed E-state index contributed by atoms with van der Waals surface area (Å²) < 4.78 is 40.3. The smallest absolute Gasteiger partial charge is 0.325 e. The molecule has 3 aromatic rings. The van der Waals surface area contributed by atoms with E-state index in [1.165, 1.54) is 46.8 Å². The van der Waals surface area contributed by atoms with Gasteiger partial charge in [0.1, 0.15) is 5.82 Å². The number of aromatic nitrogens is 2. The monoisotopic (exact) mass is 461 g/mol. The van der Waals surface area contributed by atoms with Crippen LogP contribution in [0.4, 0.5) is 10.1 Å². The summed E-state index contributed by atoms with van der Waals surface area (Å²) in [5.41, 5.74) is -0.615. The molecule has 10 nitrogen and oxygen atoms in total. The van der Waals surface area contributed by atoms with Gasteiger partial charge in [0.15, 0.2) is 0 Å². The summed E-state index contributed by atoms with van der Waals surface area (Å²) in [5.74, 6) is -0.680. The Morgan fingerprint density at radius 3 is 2.38 bits per heavy atom. The fourth-order valence-electron chi connectivity index (χ4n) is 3.52. The number of hydrogen-bond acceptors (Lipinski definition) is 6. The van der Waals surface area contributed by atoms with Gasteiger partial charge < -0.3 is 10.3 Å². The molecule has 0 saturated carbocycles. The molecule has 2 aromatic carbocycles. The summed E-state index contributed by atoms with van der Waals surface area (Å²) in [7, 11) is -3.86. The van der Waals surface area contributed by atoms with Crippen LogP contribution in [-0.2, 0) is 14.8 Å². The molecule has 1 fully saturated rings. The Bertz CT molecular complexity index is 1380. The number of H-pyrrole nitrogens is 2. The average molecular weight is 461 g/mol. The number of halogens is 1. The maximum atomic E-state index is 13.0. The average Bonchev–Trinajstić information content (AvgIpc) is 2.75. The number of hydrogen-bond donors (Lipinski definition) is 3. The number of carbonyl (C=O) groups excluding carboxylic acids is 1. The molecule has 0 bridgehead atoms. The maximum Gasteiger partial charge on any atom is 0.326 e. The summed E-state index contributed by atoms with van der Waals surface area (Å²) in [6.45, 7) is 1.11. The fraction of sp³-hybridized carbons (Fsp3) is 0.250. The molecular formula is C20H20FN5O5S. The summed E-state index contributed by atoms with van der Waals surface area (Å²) in [4.78, 5) is 41.9. The first-order valence-corrected chi connectivity index (χ1v) is 11.2. The second-order valence-corrected chi connectivity index (χ2v) is 9.29. The van der Waals surface area contributed by atoms with Gasteiger partial charge in [0, 0.05) is 31.9 Å². The Morgan fingerprint density at radius 2 is 1.69 bits per heavy atom. The number of nitrogens with zero attached hydrogens (tertiary/aromatic N) is 2. The van der Waals surface area contributed by atoms with Gasteiger partial charge in [-0.1, -0.05) is 0 Å². The predicted molar refractivity (Wildman–Crippen MR) is 115 cm³/mol. The quantitative estimate of drug-likeness (QED) is 0.500.